The van der Waals surface area contributed by atoms with Crippen LogP contribution in [0.1, 0.15) is 0 Å². The van der Waals surface area contributed by atoms with Crippen molar-refractivity contribution in [1.82, 2.24) is 4.98 Å². The lowest BCUT2D eigenvalue weighted by Crippen LogP contribution is -1.98. The molecule has 21 heavy (non-hydrogen) atoms. The smallest absolute Gasteiger partial charge is 0.311 e. The number of nitro groups is 1. The highest BCUT2D eigenvalue weighted by molar-refractivity contribution is 7.99. The van der Waals surface area contributed by atoms with Crippen molar-refractivity contribution < 1.29 is 4.92 Å². The third kappa shape index (κ3) is 2.80. The summed E-state index contributed by atoms with van der Waals surface area (Å²) in [6, 6.07) is 17.1. The minimum atomic E-state index is -0.535. The lowest BCUT2D eigenvalue weighted by atomic mass is 10.1. The van der Waals surface area contributed by atoms with Crippen LogP contribution in [0.3, 0.4) is 0 Å². The molecule has 104 valence electrons. The van der Waals surface area contributed by atoms with Crippen molar-refractivity contribution in [3.63, 3.8) is 0 Å². The number of nitrogen functional groups attached to an aromatic ring is 1. The number of hydrogen-bond acceptors (Lipinski definition) is 5. The zero-order valence-electron chi connectivity index (χ0n) is 10.9. The van der Waals surface area contributed by atoms with Gasteiger partial charge >= 0.3 is 5.69 Å². The zero-order chi connectivity index (χ0) is 14.8. The molecule has 0 radical (unpaired) electrons. The van der Waals surface area contributed by atoms with Crippen LogP contribution in [0.5, 0.6) is 0 Å². The van der Waals surface area contributed by atoms with Gasteiger partial charge in [-0.2, -0.15) is 0 Å². The molecule has 3 rings (SSSR count). The summed E-state index contributed by atoms with van der Waals surface area (Å²) in [4.78, 5) is 15.3. The minimum Gasteiger partial charge on any atom is -0.378 e. The third-order valence-corrected chi connectivity index (χ3v) is 3.94. The number of aromatic nitrogens is 1. The van der Waals surface area contributed by atoms with Gasteiger partial charge in [0.15, 0.2) is 0 Å². The molecule has 2 N–H and O–H groups in total. The second kappa shape index (κ2) is 5.41. The first kappa shape index (κ1) is 13.4. The van der Waals surface area contributed by atoms with E-state index in [2.05, 4.69) is 11.1 Å². The standard InChI is InChI=1S/C15H11N3O2S/c16-15-13(18(19)20)7-8-14(17-15)21-12-6-5-10-3-1-2-4-11(10)9-12/h1-9H,(H2,16,17). The number of nitrogens with two attached hydrogens (primary N) is 1. The van der Waals surface area contributed by atoms with Crippen LogP contribution in [-0.2, 0) is 0 Å². The van der Waals surface area contributed by atoms with E-state index >= 15 is 0 Å². The lowest BCUT2D eigenvalue weighted by Gasteiger charge is -2.04. The molecule has 0 unspecified atom stereocenters. The van der Waals surface area contributed by atoms with Gasteiger partial charge in [0.25, 0.3) is 0 Å². The molecule has 5 nitrogen and oxygen atoms in total. The van der Waals surface area contributed by atoms with Crippen LogP contribution in [0.4, 0.5) is 11.5 Å². The van der Waals surface area contributed by atoms with Gasteiger partial charge in [0.05, 0.1) is 4.92 Å². The summed E-state index contributed by atoms with van der Waals surface area (Å²) in [7, 11) is 0. The first-order chi connectivity index (χ1) is 10.1. The van der Waals surface area contributed by atoms with E-state index in [-0.39, 0.29) is 11.5 Å². The maximum atomic E-state index is 10.7. The summed E-state index contributed by atoms with van der Waals surface area (Å²) >= 11 is 1.42. The normalized spacial score (nSPS) is 10.7. The van der Waals surface area contributed by atoms with Gasteiger partial charge in [-0.25, -0.2) is 4.98 Å². The Morgan fingerprint density at radius 1 is 1.05 bits per heavy atom. The Morgan fingerprint density at radius 2 is 1.81 bits per heavy atom. The Labute approximate surface area is 125 Å². The summed E-state index contributed by atoms with van der Waals surface area (Å²) < 4.78 is 0. The molecule has 0 bridgehead atoms. The average Bonchev–Trinajstić information content (AvgIpc) is 2.47. The number of nitrogens with zero attached hydrogens (tertiary/aromatic N) is 2. The molecular formula is C15H11N3O2S. The largest absolute Gasteiger partial charge is 0.378 e. The van der Waals surface area contributed by atoms with Crippen molar-refractivity contribution in [2.75, 3.05) is 5.73 Å². The molecule has 1 heterocycles. The molecule has 0 saturated carbocycles. The van der Waals surface area contributed by atoms with Crippen LogP contribution in [0.25, 0.3) is 10.8 Å². The Bertz CT molecular complexity index is 836. The number of fused-ring (bicyclic) bond motifs is 1. The van der Waals surface area contributed by atoms with E-state index in [4.69, 9.17) is 5.73 Å². The Morgan fingerprint density at radius 3 is 2.52 bits per heavy atom. The number of hydrogen-bond donors (Lipinski definition) is 1. The Hall–Kier alpha value is -2.60. The van der Waals surface area contributed by atoms with E-state index in [0.29, 0.717) is 5.03 Å². The fraction of sp³-hybridized carbons (Fsp3) is 0. The van der Waals surface area contributed by atoms with Gasteiger partial charge in [0.2, 0.25) is 5.82 Å². The van der Waals surface area contributed by atoms with Crippen molar-refractivity contribution >= 4 is 34.0 Å². The molecule has 0 amide bonds. The van der Waals surface area contributed by atoms with Gasteiger partial charge < -0.3 is 5.73 Å². The average molecular weight is 297 g/mol. The van der Waals surface area contributed by atoms with E-state index < -0.39 is 4.92 Å². The summed E-state index contributed by atoms with van der Waals surface area (Å²) in [6.45, 7) is 0. The van der Waals surface area contributed by atoms with Crippen molar-refractivity contribution in [2.24, 2.45) is 0 Å². The van der Waals surface area contributed by atoms with Crippen molar-refractivity contribution in [3.05, 3.63) is 64.7 Å². The molecule has 0 saturated heterocycles. The number of rotatable bonds is 3. The molecule has 0 spiro atoms. The van der Waals surface area contributed by atoms with Crippen LogP contribution in [0.15, 0.2) is 64.5 Å². The molecule has 0 atom stereocenters. The molecule has 3 aromatic rings. The predicted molar refractivity (Wildman–Crippen MR) is 83.4 cm³/mol. The third-order valence-electron chi connectivity index (χ3n) is 3.02. The summed E-state index contributed by atoms with van der Waals surface area (Å²) in [6.07, 6.45) is 0. The number of pyridine rings is 1. The molecule has 6 heteroatoms. The summed E-state index contributed by atoms with van der Waals surface area (Å²) in [5.41, 5.74) is 5.43. The van der Waals surface area contributed by atoms with Gasteiger partial charge in [-0.15, -0.1) is 0 Å². The first-order valence-corrected chi connectivity index (χ1v) is 7.03. The van der Waals surface area contributed by atoms with E-state index in [1.807, 2.05) is 36.4 Å². The molecule has 0 aliphatic rings. The number of anilines is 1. The van der Waals surface area contributed by atoms with Crippen molar-refractivity contribution in [3.8, 4) is 0 Å². The fourth-order valence-electron chi connectivity index (χ4n) is 2.01. The maximum Gasteiger partial charge on any atom is 0.311 e. The molecule has 0 aliphatic carbocycles. The topological polar surface area (TPSA) is 82.0 Å². The highest BCUT2D eigenvalue weighted by atomic mass is 32.2. The Balaban J connectivity index is 1.91. The van der Waals surface area contributed by atoms with Gasteiger partial charge in [-0.1, -0.05) is 42.1 Å². The van der Waals surface area contributed by atoms with Crippen LogP contribution >= 0.6 is 11.8 Å². The van der Waals surface area contributed by atoms with Gasteiger partial charge in [-0.3, -0.25) is 10.1 Å². The van der Waals surface area contributed by atoms with Crippen LogP contribution in [-0.4, -0.2) is 9.91 Å². The highest BCUT2D eigenvalue weighted by Gasteiger charge is 2.13. The predicted octanol–water partition coefficient (Wildman–Crippen LogP) is 3.88. The van der Waals surface area contributed by atoms with Gasteiger partial charge in [0, 0.05) is 11.0 Å². The number of benzene rings is 2. The Kier molecular flexibility index (Phi) is 3.45. The molecule has 0 fully saturated rings. The maximum absolute atomic E-state index is 10.7. The molecule has 1 aromatic heterocycles. The monoisotopic (exact) mass is 297 g/mol. The quantitative estimate of drug-likeness (QED) is 0.586. The van der Waals surface area contributed by atoms with Crippen LogP contribution in [0.2, 0.25) is 0 Å². The summed E-state index contributed by atoms with van der Waals surface area (Å²) in [5, 5.41) is 13.7. The molecule has 0 aliphatic heterocycles. The van der Waals surface area contributed by atoms with E-state index in [1.54, 1.807) is 6.07 Å². The van der Waals surface area contributed by atoms with Crippen molar-refractivity contribution in [2.45, 2.75) is 9.92 Å². The SMILES string of the molecule is Nc1nc(Sc2ccc3ccccc3c2)ccc1[N+](=O)[O-]. The first-order valence-electron chi connectivity index (χ1n) is 6.21. The van der Waals surface area contributed by atoms with Gasteiger partial charge in [0.1, 0.15) is 5.03 Å². The highest BCUT2D eigenvalue weighted by Crippen LogP contribution is 2.31. The second-order valence-electron chi connectivity index (χ2n) is 4.42. The molecular weight excluding hydrogens is 286 g/mol. The second-order valence-corrected chi connectivity index (χ2v) is 5.52. The van der Waals surface area contributed by atoms with E-state index in [0.717, 1.165) is 15.7 Å². The summed E-state index contributed by atoms with van der Waals surface area (Å²) in [5.74, 6) is -0.0641. The fourth-order valence-corrected chi connectivity index (χ4v) is 2.86. The zero-order valence-corrected chi connectivity index (χ0v) is 11.7. The van der Waals surface area contributed by atoms with Gasteiger partial charge in [-0.05, 0) is 29.0 Å². The lowest BCUT2D eigenvalue weighted by molar-refractivity contribution is -0.384. The van der Waals surface area contributed by atoms with Crippen LogP contribution < -0.4 is 5.73 Å². The molecule has 2 aromatic carbocycles. The van der Waals surface area contributed by atoms with E-state index in [9.17, 15) is 10.1 Å². The van der Waals surface area contributed by atoms with Crippen LogP contribution in [0, 0.1) is 10.1 Å². The van der Waals surface area contributed by atoms with Crippen molar-refractivity contribution in [1.29, 1.82) is 0 Å². The van der Waals surface area contributed by atoms with E-state index in [1.165, 1.54) is 17.8 Å². The minimum absolute atomic E-state index is 0.0641.